The normalized spacial score (nSPS) is 12.5. The molecule has 1 aromatic rings. The molecule has 0 saturated heterocycles. The Morgan fingerprint density at radius 3 is 3.00 bits per heavy atom. The first-order valence-corrected chi connectivity index (χ1v) is 5.28. The van der Waals surface area contributed by atoms with E-state index in [1.807, 2.05) is 0 Å². The van der Waals surface area contributed by atoms with Gasteiger partial charge >= 0.3 is 0 Å². The van der Waals surface area contributed by atoms with Crippen LogP contribution in [0.2, 0.25) is 0 Å². The van der Waals surface area contributed by atoms with Crippen molar-refractivity contribution in [1.29, 1.82) is 0 Å². The molecule has 84 valence electrons. The molecule has 1 unspecified atom stereocenters. The van der Waals surface area contributed by atoms with Crippen molar-refractivity contribution in [2.45, 2.75) is 11.1 Å². The monoisotopic (exact) mass is 233 g/mol. The summed E-state index contributed by atoms with van der Waals surface area (Å²) < 4.78 is 13.1. The van der Waals surface area contributed by atoms with Gasteiger partial charge in [-0.2, -0.15) is 0 Å². The largest absolute Gasteiger partial charge is 0.394 e. The minimum absolute atomic E-state index is 0.154. The first-order valence-electron chi connectivity index (χ1n) is 4.29. The van der Waals surface area contributed by atoms with Gasteiger partial charge in [0.05, 0.1) is 18.9 Å². The van der Waals surface area contributed by atoms with Gasteiger partial charge in [-0.25, -0.2) is 14.4 Å². The van der Waals surface area contributed by atoms with Crippen molar-refractivity contribution in [3.05, 3.63) is 12.0 Å². The van der Waals surface area contributed by atoms with Gasteiger partial charge in [-0.3, -0.25) is 0 Å². The number of aliphatic hydroxyl groups is 2. The lowest BCUT2D eigenvalue weighted by atomic mass is 10.4. The molecule has 1 aromatic heterocycles. The zero-order valence-electron chi connectivity index (χ0n) is 8.14. The highest BCUT2D eigenvalue weighted by Crippen LogP contribution is 2.20. The topological polar surface area (TPSA) is 78.3 Å². The van der Waals surface area contributed by atoms with Crippen LogP contribution in [0.3, 0.4) is 0 Å². The molecule has 1 atom stereocenters. The maximum Gasteiger partial charge on any atom is 0.223 e. The second-order valence-corrected chi connectivity index (χ2v) is 3.75. The molecule has 15 heavy (non-hydrogen) atoms. The highest BCUT2D eigenvalue weighted by molar-refractivity contribution is 7.99. The van der Waals surface area contributed by atoms with Gasteiger partial charge in [-0.15, -0.1) is 11.8 Å². The van der Waals surface area contributed by atoms with Crippen molar-refractivity contribution in [3.8, 4) is 0 Å². The average Bonchev–Trinajstić information content (AvgIpc) is 2.27. The molecule has 0 aliphatic carbocycles. The summed E-state index contributed by atoms with van der Waals surface area (Å²) in [6.07, 6.45) is 0.189. The van der Waals surface area contributed by atoms with E-state index in [1.165, 1.54) is 0 Å². The fourth-order valence-electron chi connectivity index (χ4n) is 0.801. The Morgan fingerprint density at radius 1 is 1.67 bits per heavy atom. The number of anilines is 1. The molecule has 3 N–H and O–H groups in total. The molecule has 0 aromatic carbocycles. The first-order chi connectivity index (χ1) is 7.17. The summed E-state index contributed by atoms with van der Waals surface area (Å²) in [5.41, 5.74) is 0. The van der Waals surface area contributed by atoms with E-state index >= 15 is 0 Å². The van der Waals surface area contributed by atoms with Crippen LogP contribution in [0.15, 0.2) is 11.2 Å². The van der Waals surface area contributed by atoms with E-state index in [9.17, 15) is 4.39 Å². The number of rotatable bonds is 5. The van der Waals surface area contributed by atoms with Gasteiger partial charge in [0, 0.05) is 12.8 Å². The van der Waals surface area contributed by atoms with Gasteiger partial charge in [0.25, 0.3) is 0 Å². The third kappa shape index (κ3) is 3.61. The van der Waals surface area contributed by atoms with Gasteiger partial charge in [0.2, 0.25) is 5.95 Å². The molecule has 0 saturated carbocycles. The van der Waals surface area contributed by atoms with Crippen molar-refractivity contribution in [3.63, 3.8) is 0 Å². The number of nitrogens with zero attached hydrogens (tertiary/aromatic N) is 2. The number of aliphatic hydroxyl groups excluding tert-OH is 2. The molecule has 1 heterocycles. The van der Waals surface area contributed by atoms with Crippen LogP contribution in [-0.4, -0.2) is 45.7 Å². The third-order valence-electron chi connectivity index (χ3n) is 1.56. The maximum atomic E-state index is 13.1. The molecule has 0 spiro atoms. The standard InChI is InChI=1S/C8H12FN3O2S/c1-10-8-11-2-6(9)7(12-8)15-4-5(14)3-13/h2,5,13-14H,3-4H2,1H3,(H,10,11,12). The summed E-state index contributed by atoms with van der Waals surface area (Å²) in [5.74, 6) is -0.0327. The van der Waals surface area contributed by atoms with E-state index in [2.05, 4.69) is 15.3 Å². The highest BCUT2D eigenvalue weighted by atomic mass is 32.2. The van der Waals surface area contributed by atoms with Crippen molar-refractivity contribution >= 4 is 17.7 Å². The van der Waals surface area contributed by atoms with Crippen molar-refractivity contribution < 1.29 is 14.6 Å². The van der Waals surface area contributed by atoms with Gasteiger partial charge in [0.1, 0.15) is 5.03 Å². The quantitative estimate of drug-likeness (QED) is 0.494. The summed E-state index contributed by atoms with van der Waals surface area (Å²) in [5, 5.41) is 20.5. The Labute approximate surface area is 90.8 Å². The summed E-state index contributed by atoms with van der Waals surface area (Å²) in [7, 11) is 1.63. The minimum atomic E-state index is -0.873. The molecule has 5 nitrogen and oxygen atoms in total. The fourth-order valence-corrected chi connectivity index (χ4v) is 1.60. The molecule has 0 aliphatic heterocycles. The van der Waals surface area contributed by atoms with Crippen LogP contribution in [0.1, 0.15) is 0 Å². The van der Waals surface area contributed by atoms with E-state index in [0.29, 0.717) is 5.95 Å². The molecule has 0 bridgehead atoms. The van der Waals surface area contributed by atoms with Crippen molar-refractivity contribution in [1.82, 2.24) is 9.97 Å². The lowest BCUT2D eigenvalue weighted by Crippen LogP contribution is -2.15. The van der Waals surface area contributed by atoms with Gasteiger partial charge < -0.3 is 15.5 Å². The predicted octanol–water partition coefficient (Wildman–Crippen LogP) is 0.103. The van der Waals surface area contributed by atoms with Crippen molar-refractivity contribution in [2.75, 3.05) is 24.7 Å². The van der Waals surface area contributed by atoms with Crippen LogP contribution in [-0.2, 0) is 0 Å². The fraction of sp³-hybridized carbons (Fsp3) is 0.500. The first kappa shape index (κ1) is 12.2. The Kier molecular flexibility index (Phi) is 4.73. The molecular weight excluding hydrogens is 221 g/mol. The summed E-state index contributed by atoms with van der Waals surface area (Å²) in [6.45, 7) is -0.349. The number of thioether (sulfide) groups is 1. The highest BCUT2D eigenvalue weighted by Gasteiger charge is 2.09. The second-order valence-electron chi connectivity index (χ2n) is 2.74. The molecule has 0 fully saturated rings. The Balaban J connectivity index is 2.66. The lowest BCUT2D eigenvalue weighted by Gasteiger charge is -2.07. The Morgan fingerprint density at radius 2 is 2.40 bits per heavy atom. The summed E-state index contributed by atoms with van der Waals surface area (Å²) in [4.78, 5) is 7.55. The molecule has 0 radical (unpaired) electrons. The molecule has 0 amide bonds. The van der Waals surface area contributed by atoms with E-state index < -0.39 is 11.9 Å². The van der Waals surface area contributed by atoms with E-state index in [0.717, 1.165) is 18.0 Å². The van der Waals surface area contributed by atoms with Crippen LogP contribution in [0.25, 0.3) is 0 Å². The number of hydrogen-bond acceptors (Lipinski definition) is 6. The van der Waals surface area contributed by atoms with Crippen LogP contribution in [0.5, 0.6) is 0 Å². The molecule has 7 heteroatoms. The maximum absolute atomic E-state index is 13.1. The lowest BCUT2D eigenvalue weighted by molar-refractivity contribution is 0.113. The van der Waals surface area contributed by atoms with E-state index in [1.54, 1.807) is 7.05 Å². The van der Waals surface area contributed by atoms with E-state index in [4.69, 9.17) is 10.2 Å². The summed E-state index contributed by atoms with van der Waals surface area (Å²) in [6, 6.07) is 0. The molecule has 0 aliphatic rings. The Bertz CT molecular complexity index is 327. The summed E-state index contributed by atoms with van der Waals surface area (Å²) >= 11 is 1.03. The van der Waals surface area contributed by atoms with Gasteiger partial charge in [-0.05, 0) is 0 Å². The smallest absolute Gasteiger partial charge is 0.223 e. The Hall–Kier alpha value is -0.920. The number of nitrogens with one attached hydrogen (secondary N) is 1. The van der Waals surface area contributed by atoms with Gasteiger partial charge in [0.15, 0.2) is 5.82 Å². The van der Waals surface area contributed by atoms with Crippen LogP contribution < -0.4 is 5.32 Å². The third-order valence-corrected chi connectivity index (χ3v) is 2.67. The van der Waals surface area contributed by atoms with Crippen LogP contribution >= 0.6 is 11.8 Å². The van der Waals surface area contributed by atoms with Crippen molar-refractivity contribution in [2.24, 2.45) is 0 Å². The average molecular weight is 233 g/mol. The number of halogens is 1. The zero-order chi connectivity index (χ0) is 11.3. The van der Waals surface area contributed by atoms with Crippen LogP contribution in [0.4, 0.5) is 10.3 Å². The van der Waals surface area contributed by atoms with Crippen LogP contribution in [0, 0.1) is 5.82 Å². The minimum Gasteiger partial charge on any atom is -0.394 e. The number of hydrogen-bond donors (Lipinski definition) is 3. The number of aromatic nitrogens is 2. The predicted molar refractivity (Wildman–Crippen MR) is 55.4 cm³/mol. The molecular formula is C8H12FN3O2S. The van der Waals surface area contributed by atoms with E-state index in [-0.39, 0.29) is 17.4 Å². The zero-order valence-corrected chi connectivity index (χ0v) is 8.96. The van der Waals surface area contributed by atoms with Gasteiger partial charge in [-0.1, -0.05) is 0 Å². The second kappa shape index (κ2) is 5.84. The SMILES string of the molecule is CNc1ncc(F)c(SCC(O)CO)n1. The molecule has 1 rings (SSSR count).